The minimum atomic E-state index is 0.190. The Kier molecular flexibility index (Phi) is 6.39. The lowest BCUT2D eigenvalue weighted by atomic mass is 10.0. The van der Waals surface area contributed by atoms with Gasteiger partial charge in [-0.15, -0.1) is 0 Å². The Bertz CT molecular complexity index is 793. The molecule has 154 valence electrons. The molecule has 0 atom stereocenters. The van der Waals surface area contributed by atoms with Crippen molar-refractivity contribution in [2.45, 2.75) is 39.7 Å². The van der Waals surface area contributed by atoms with Crippen molar-refractivity contribution in [3.8, 4) is 17.5 Å². The van der Waals surface area contributed by atoms with Crippen LogP contribution in [0.15, 0.2) is 24.3 Å². The molecule has 0 amide bonds. The van der Waals surface area contributed by atoms with Crippen LogP contribution in [0.25, 0.3) is 0 Å². The van der Waals surface area contributed by atoms with E-state index >= 15 is 0 Å². The van der Waals surface area contributed by atoms with Crippen molar-refractivity contribution < 1.29 is 14.9 Å². The third-order valence-electron chi connectivity index (χ3n) is 5.72. The third-order valence-corrected chi connectivity index (χ3v) is 5.72. The SMILES string of the molecule is COc1ccccc1N1CCN(CCCn2c(O)c(C)c(C(C)C)c2O)CC1. The van der Waals surface area contributed by atoms with E-state index in [1.807, 2.05) is 39.0 Å². The molecule has 6 nitrogen and oxygen atoms in total. The molecule has 0 spiro atoms. The van der Waals surface area contributed by atoms with Gasteiger partial charge in [-0.05, 0) is 37.9 Å². The molecule has 1 fully saturated rings. The number of aromatic nitrogens is 1. The highest BCUT2D eigenvalue weighted by molar-refractivity contribution is 5.58. The number of hydrogen-bond donors (Lipinski definition) is 2. The van der Waals surface area contributed by atoms with E-state index in [2.05, 4.69) is 15.9 Å². The summed E-state index contributed by atoms with van der Waals surface area (Å²) in [7, 11) is 1.72. The zero-order valence-corrected chi connectivity index (χ0v) is 17.5. The Morgan fingerprint density at radius 1 is 1.00 bits per heavy atom. The summed E-state index contributed by atoms with van der Waals surface area (Å²) >= 11 is 0. The Balaban J connectivity index is 1.52. The fourth-order valence-corrected chi connectivity index (χ4v) is 4.20. The number of aromatic hydroxyl groups is 2. The molecule has 2 heterocycles. The molecule has 1 aromatic carbocycles. The monoisotopic (exact) mass is 387 g/mol. The minimum absolute atomic E-state index is 0.190. The van der Waals surface area contributed by atoms with Gasteiger partial charge >= 0.3 is 0 Å². The van der Waals surface area contributed by atoms with Crippen LogP contribution in [0.3, 0.4) is 0 Å². The summed E-state index contributed by atoms with van der Waals surface area (Å²) in [5.41, 5.74) is 2.80. The number of para-hydroxylation sites is 2. The molecule has 1 aliphatic heterocycles. The van der Waals surface area contributed by atoms with Crippen molar-refractivity contribution in [3.05, 3.63) is 35.4 Å². The van der Waals surface area contributed by atoms with E-state index in [1.165, 1.54) is 0 Å². The summed E-state index contributed by atoms with van der Waals surface area (Å²) in [6, 6.07) is 8.16. The quantitative estimate of drug-likeness (QED) is 0.761. The Morgan fingerprint density at radius 3 is 2.29 bits per heavy atom. The van der Waals surface area contributed by atoms with Gasteiger partial charge in [0.05, 0.1) is 12.8 Å². The van der Waals surface area contributed by atoms with Crippen LogP contribution >= 0.6 is 0 Å². The summed E-state index contributed by atoms with van der Waals surface area (Å²) in [5, 5.41) is 20.8. The van der Waals surface area contributed by atoms with Gasteiger partial charge in [-0.1, -0.05) is 26.0 Å². The van der Waals surface area contributed by atoms with Crippen molar-refractivity contribution in [2.75, 3.05) is 44.7 Å². The van der Waals surface area contributed by atoms with Gasteiger partial charge in [-0.3, -0.25) is 9.47 Å². The smallest absolute Gasteiger partial charge is 0.197 e. The number of anilines is 1. The predicted octanol–water partition coefficient (Wildman–Crippen LogP) is 3.55. The second-order valence-electron chi connectivity index (χ2n) is 7.85. The highest BCUT2D eigenvalue weighted by Gasteiger charge is 2.22. The number of rotatable bonds is 7. The van der Waals surface area contributed by atoms with Crippen LogP contribution in [-0.4, -0.2) is 59.5 Å². The molecule has 6 heteroatoms. The van der Waals surface area contributed by atoms with Crippen LogP contribution in [0.5, 0.6) is 17.5 Å². The van der Waals surface area contributed by atoms with Gasteiger partial charge in [-0.25, -0.2) is 0 Å². The summed E-state index contributed by atoms with van der Waals surface area (Å²) in [6.45, 7) is 11.5. The summed E-state index contributed by atoms with van der Waals surface area (Å²) in [6.07, 6.45) is 0.890. The normalized spacial score (nSPS) is 15.4. The van der Waals surface area contributed by atoms with Crippen LogP contribution in [0, 0.1) is 6.92 Å². The molecule has 3 rings (SSSR count). The Hall–Kier alpha value is -2.34. The van der Waals surface area contributed by atoms with Gasteiger partial charge in [0.25, 0.3) is 0 Å². The van der Waals surface area contributed by atoms with E-state index in [4.69, 9.17) is 4.74 Å². The Labute approximate surface area is 168 Å². The van der Waals surface area contributed by atoms with Crippen LogP contribution in [0.2, 0.25) is 0 Å². The maximum atomic E-state index is 10.5. The largest absolute Gasteiger partial charge is 0.495 e. The van der Waals surface area contributed by atoms with Gasteiger partial charge in [0.1, 0.15) is 5.75 Å². The number of hydrogen-bond acceptors (Lipinski definition) is 5. The van der Waals surface area contributed by atoms with Crippen molar-refractivity contribution in [2.24, 2.45) is 0 Å². The van der Waals surface area contributed by atoms with Gasteiger partial charge in [-0.2, -0.15) is 0 Å². The molecular formula is C22H33N3O3. The topological polar surface area (TPSA) is 61.1 Å². The lowest BCUT2D eigenvalue weighted by Crippen LogP contribution is -2.46. The van der Waals surface area contributed by atoms with E-state index < -0.39 is 0 Å². The molecule has 2 aromatic rings. The predicted molar refractivity (Wildman–Crippen MR) is 113 cm³/mol. The molecule has 1 aliphatic rings. The van der Waals surface area contributed by atoms with Crippen LogP contribution < -0.4 is 9.64 Å². The molecule has 1 aromatic heterocycles. The number of ether oxygens (including phenoxy) is 1. The average Bonchev–Trinajstić information content (AvgIpc) is 2.91. The minimum Gasteiger partial charge on any atom is -0.495 e. The van der Waals surface area contributed by atoms with Gasteiger partial charge in [0.15, 0.2) is 11.8 Å². The van der Waals surface area contributed by atoms with Crippen molar-refractivity contribution in [1.82, 2.24) is 9.47 Å². The number of methoxy groups -OCH3 is 1. The van der Waals surface area contributed by atoms with Crippen molar-refractivity contribution in [3.63, 3.8) is 0 Å². The first-order valence-corrected chi connectivity index (χ1v) is 10.1. The van der Waals surface area contributed by atoms with E-state index in [1.54, 1.807) is 11.7 Å². The Morgan fingerprint density at radius 2 is 1.68 bits per heavy atom. The second-order valence-corrected chi connectivity index (χ2v) is 7.85. The molecule has 2 N–H and O–H groups in total. The van der Waals surface area contributed by atoms with Crippen LogP contribution in [0.1, 0.15) is 37.3 Å². The maximum absolute atomic E-state index is 10.5. The van der Waals surface area contributed by atoms with Crippen molar-refractivity contribution in [1.29, 1.82) is 0 Å². The fraction of sp³-hybridized carbons (Fsp3) is 0.545. The number of piperazine rings is 1. The van der Waals surface area contributed by atoms with Crippen molar-refractivity contribution >= 4 is 5.69 Å². The molecule has 1 saturated heterocycles. The summed E-state index contributed by atoms with van der Waals surface area (Å²) in [5.74, 6) is 1.52. The molecule has 0 radical (unpaired) electrons. The zero-order chi connectivity index (χ0) is 20.3. The number of nitrogens with zero attached hydrogens (tertiary/aromatic N) is 3. The highest BCUT2D eigenvalue weighted by Crippen LogP contribution is 2.38. The second kappa shape index (κ2) is 8.78. The molecule has 0 aliphatic carbocycles. The number of benzene rings is 1. The lowest BCUT2D eigenvalue weighted by Gasteiger charge is -2.36. The van der Waals surface area contributed by atoms with E-state index in [-0.39, 0.29) is 17.7 Å². The average molecular weight is 388 g/mol. The van der Waals surface area contributed by atoms with E-state index in [9.17, 15) is 10.2 Å². The standard InChI is InChI=1S/C22H33N3O3/c1-16(2)20-17(3)21(26)25(22(20)27)11-7-10-23-12-14-24(15-13-23)18-8-5-6-9-19(18)28-4/h5-6,8-9,16,26-27H,7,10-15H2,1-4H3. The zero-order valence-electron chi connectivity index (χ0n) is 17.5. The lowest BCUT2D eigenvalue weighted by molar-refractivity contribution is 0.245. The van der Waals surface area contributed by atoms with Crippen LogP contribution in [-0.2, 0) is 6.54 Å². The molecule has 0 saturated carbocycles. The van der Waals surface area contributed by atoms with Gasteiger partial charge in [0, 0.05) is 43.9 Å². The summed E-state index contributed by atoms with van der Waals surface area (Å²) < 4.78 is 7.13. The van der Waals surface area contributed by atoms with E-state index in [0.717, 1.165) is 61.7 Å². The maximum Gasteiger partial charge on any atom is 0.197 e. The first kappa shape index (κ1) is 20.4. The first-order valence-electron chi connectivity index (χ1n) is 10.1. The van der Waals surface area contributed by atoms with Crippen LogP contribution in [0.4, 0.5) is 5.69 Å². The summed E-state index contributed by atoms with van der Waals surface area (Å²) in [4.78, 5) is 4.82. The van der Waals surface area contributed by atoms with Gasteiger partial charge in [0.2, 0.25) is 0 Å². The molecule has 28 heavy (non-hydrogen) atoms. The highest BCUT2D eigenvalue weighted by atomic mass is 16.5. The molecular weight excluding hydrogens is 354 g/mol. The molecule has 0 unspecified atom stereocenters. The van der Waals surface area contributed by atoms with E-state index in [0.29, 0.717) is 6.54 Å². The van der Waals surface area contributed by atoms with Gasteiger partial charge < -0.3 is 19.8 Å². The molecule has 0 bridgehead atoms. The first-order chi connectivity index (χ1) is 13.4. The third kappa shape index (κ3) is 4.07. The fourth-order valence-electron chi connectivity index (χ4n) is 4.20.